The topological polar surface area (TPSA) is 64.1 Å². The van der Waals surface area contributed by atoms with Gasteiger partial charge in [0, 0.05) is 29.9 Å². The van der Waals surface area contributed by atoms with Crippen LogP contribution in [0.3, 0.4) is 0 Å². The number of fused-ring (bicyclic) bond motifs is 1. The predicted molar refractivity (Wildman–Crippen MR) is 114 cm³/mol. The van der Waals surface area contributed by atoms with Crippen molar-refractivity contribution >= 4 is 16.8 Å². The lowest BCUT2D eigenvalue weighted by Gasteiger charge is -2.12. The van der Waals surface area contributed by atoms with Gasteiger partial charge in [-0.2, -0.15) is 0 Å². The normalized spacial score (nSPS) is 10.7. The number of hydrogen-bond acceptors (Lipinski definition) is 4. The van der Waals surface area contributed by atoms with Crippen LogP contribution in [-0.2, 0) is 6.54 Å². The second-order valence-corrected chi connectivity index (χ2v) is 6.85. The van der Waals surface area contributed by atoms with Crippen LogP contribution >= 0.6 is 0 Å². The van der Waals surface area contributed by atoms with E-state index in [0.717, 1.165) is 39.0 Å². The molecule has 0 atom stereocenters. The number of methoxy groups -OCH3 is 1. The van der Waals surface area contributed by atoms with Gasteiger partial charge in [-0.25, -0.2) is 4.98 Å². The lowest BCUT2D eigenvalue weighted by atomic mass is 10.0. The molecule has 0 aliphatic rings. The quantitative estimate of drug-likeness (QED) is 0.549. The predicted octanol–water partition coefficient (Wildman–Crippen LogP) is 4.54. The second kappa shape index (κ2) is 8.10. The molecule has 0 aliphatic heterocycles. The summed E-state index contributed by atoms with van der Waals surface area (Å²) < 4.78 is 5.23. The van der Waals surface area contributed by atoms with Gasteiger partial charge in [0.05, 0.1) is 23.9 Å². The minimum absolute atomic E-state index is 0.137. The van der Waals surface area contributed by atoms with E-state index >= 15 is 0 Å². The van der Waals surface area contributed by atoms with Gasteiger partial charge in [-0.05, 0) is 61.0 Å². The van der Waals surface area contributed by atoms with Crippen molar-refractivity contribution in [2.45, 2.75) is 13.5 Å². The number of carbonyl (C=O) groups is 1. The highest BCUT2D eigenvalue weighted by Crippen LogP contribution is 2.27. The summed E-state index contributed by atoms with van der Waals surface area (Å²) in [4.78, 5) is 21.9. The van der Waals surface area contributed by atoms with Crippen molar-refractivity contribution in [3.8, 4) is 17.0 Å². The molecule has 2 heterocycles. The molecular formula is C24H21N3O2. The zero-order chi connectivity index (χ0) is 20.2. The molecule has 0 unspecified atom stereocenters. The molecule has 2 aromatic heterocycles. The fourth-order valence-electron chi connectivity index (χ4n) is 3.22. The lowest BCUT2D eigenvalue weighted by molar-refractivity contribution is 0.0952. The van der Waals surface area contributed by atoms with Crippen LogP contribution in [0, 0.1) is 6.92 Å². The van der Waals surface area contributed by atoms with Gasteiger partial charge in [0.25, 0.3) is 5.91 Å². The van der Waals surface area contributed by atoms with Crippen molar-refractivity contribution in [2.24, 2.45) is 0 Å². The van der Waals surface area contributed by atoms with Gasteiger partial charge < -0.3 is 10.1 Å². The van der Waals surface area contributed by atoms with E-state index < -0.39 is 0 Å². The number of pyridine rings is 2. The molecule has 0 aliphatic carbocycles. The van der Waals surface area contributed by atoms with Gasteiger partial charge in [0.15, 0.2) is 0 Å². The van der Waals surface area contributed by atoms with Crippen molar-refractivity contribution < 1.29 is 9.53 Å². The van der Waals surface area contributed by atoms with E-state index in [-0.39, 0.29) is 5.91 Å². The Morgan fingerprint density at radius 3 is 2.62 bits per heavy atom. The average molecular weight is 383 g/mol. The van der Waals surface area contributed by atoms with Crippen LogP contribution < -0.4 is 10.1 Å². The van der Waals surface area contributed by atoms with Crippen molar-refractivity contribution in [2.75, 3.05) is 7.11 Å². The average Bonchev–Trinajstić information content (AvgIpc) is 2.77. The number of benzene rings is 2. The monoisotopic (exact) mass is 383 g/mol. The molecule has 4 aromatic rings. The third-order valence-electron chi connectivity index (χ3n) is 4.77. The third kappa shape index (κ3) is 4.09. The van der Waals surface area contributed by atoms with E-state index in [4.69, 9.17) is 9.72 Å². The number of hydrogen-bond donors (Lipinski definition) is 1. The van der Waals surface area contributed by atoms with Gasteiger partial charge in [-0.1, -0.05) is 17.7 Å². The number of carbonyl (C=O) groups excluding carboxylic acids is 1. The van der Waals surface area contributed by atoms with Gasteiger partial charge in [-0.3, -0.25) is 9.78 Å². The SMILES string of the molecule is COc1ccc(-c2cc(C(=O)NCc3cccnc3)c3cc(C)ccc3n2)cc1. The second-order valence-electron chi connectivity index (χ2n) is 6.85. The third-order valence-corrected chi connectivity index (χ3v) is 4.77. The number of amides is 1. The number of aromatic nitrogens is 2. The smallest absolute Gasteiger partial charge is 0.252 e. The number of rotatable bonds is 5. The van der Waals surface area contributed by atoms with Crippen LogP contribution in [-0.4, -0.2) is 23.0 Å². The molecule has 1 amide bonds. The van der Waals surface area contributed by atoms with E-state index in [1.54, 1.807) is 19.5 Å². The van der Waals surface area contributed by atoms with Crippen molar-refractivity contribution in [1.29, 1.82) is 0 Å². The number of nitrogens with one attached hydrogen (secondary N) is 1. The van der Waals surface area contributed by atoms with E-state index in [1.807, 2.05) is 67.6 Å². The maximum Gasteiger partial charge on any atom is 0.252 e. The van der Waals surface area contributed by atoms with Crippen LogP contribution in [0.5, 0.6) is 5.75 Å². The summed E-state index contributed by atoms with van der Waals surface area (Å²) >= 11 is 0. The molecule has 0 bridgehead atoms. The summed E-state index contributed by atoms with van der Waals surface area (Å²) in [6.07, 6.45) is 3.46. The Morgan fingerprint density at radius 1 is 1.07 bits per heavy atom. The number of ether oxygens (including phenoxy) is 1. The Labute approximate surface area is 169 Å². The van der Waals surface area contributed by atoms with Crippen molar-refractivity contribution in [3.63, 3.8) is 0 Å². The van der Waals surface area contributed by atoms with Crippen LogP contribution in [0.25, 0.3) is 22.2 Å². The van der Waals surface area contributed by atoms with E-state index in [2.05, 4.69) is 10.3 Å². The maximum absolute atomic E-state index is 13.0. The van der Waals surface area contributed by atoms with Crippen LogP contribution in [0.4, 0.5) is 0 Å². The zero-order valence-corrected chi connectivity index (χ0v) is 16.3. The van der Waals surface area contributed by atoms with Crippen LogP contribution in [0.1, 0.15) is 21.5 Å². The van der Waals surface area contributed by atoms with Gasteiger partial charge in [0.2, 0.25) is 0 Å². The minimum atomic E-state index is -0.137. The first-order valence-electron chi connectivity index (χ1n) is 9.37. The molecule has 4 rings (SSSR count). The molecule has 2 aromatic carbocycles. The summed E-state index contributed by atoms with van der Waals surface area (Å²) in [5.74, 6) is 0.640. The summed E-state index contributed by atoms with van der Waals surface area (Å²) in [6.45, 7) is 2.42. The van der Waals surface area contributed by atoms with Gasteiger partial charge in [0.1, 0.15) is 5.75 Å². The zero-order valence-electron chi connectivity index (χ0n) is 16.3. The molecule has 144 valence electrons. The van der Waals surface area contributed by atoms with Crippen LogP contribution in [0.15, 0.2) is 73.1 Å². The number of nitrogens with zero attached hydrogens (tertiary/aromatic N) is 2. The summed E-state index contributed by atoms with van der Waals surface area (Å²) in [6, 6.07) is 19.3. The first kappa shape index (κ1) is 18.6. The lowest BCUT2D eigenvalue weighted by Crippen LogP contribution is -2.23. The highest BCUT2D eigenvalue weighted by molar-refractivity contribution is 6.07. The molecular weight excluding hydrogens is 362 g/mol. The Bertz CT molecular complexity index is 1160. The molecule has 1 N–H and O–H groups in total. The molecule has 5 heteroatoms. The fraction of sp³-hybridized carbons (Fsp3) is 0.125. The Hall–Kier alpha value is -3.73. The Kier molecular flexibility index (Phi) is 5.20. The summed E-state index contributed by atoms with van der Waals surface area (Å²) in [7, 11) is 1.64. The molecule has 5 nitrogen and oxygen atoms in total. The molecule has 0 saturated carbocycles. The van der Waals surface area contributed by atoms with E-state index in [1.165, 1.54) is 0 Å². The van der Waals surface area contributed by atoms with Gasteiger partial charge >= 0.3 is 0 Å². The standard InChI is InChI=1S/C24H21N3O2/c1-16-5-10-22-20(12-16)21(24(28)26-15-17-4-3-11-25-14-17)13-23(27-22)18-6-8-19(29-2)9-7-18/h3-14H,15H2,1-2H3,(H,26,28). The van der Waals surface area contributed by atoms with Crippen LogP contribution in [0.2, 0.25) is 0 Å². The largest absolute Gasteiger partial charge is 0.497 e. The Morgan fingerprint density at radius 2 is 1.90 bits per heavy atom. The first-order valence-corrected chi connectivity index (χ1v) is 9.37. The minimum Gasteiger partial charge on any atom is -0.497 e. The van der Waals surface area contributed by atoms with E-state index in [0.29, 0.717) is 12.1 Å². The highest BCUT2D eigenvalue weighted by atomic mass is 16.5. The summed E-state index contributed by atoms with van der Waals surface area (Å²) in [5, 5.41) is 3.84. The van der Waals surface area contributed by atoms with Gasteiger partial charge in [-0.15, -0.1) is 0 Å². The maximum atomic E-state index is 13.0. The molecule has 0 radical (unpaired) electrons. The summed E-state index contributed by atoms with van der Waals surface area (Å²) in [5.41, 5.74) is 5.09. The number of aryl methyl sites for hydroxylation is 1. The molecule has 0 spiro atoms. The highest BCUT2D eigenvalue weighted by Gasteiger charge is 2.14. The Balaban J connectivity index is 1.73. The molecule has 29 heavy (non-hydrogen) atoms. The van der Waals surface area contributed by atoms with Crippen molar-refractivity contribution in [3.05, 3.63) is 89.7 Å². The molecule has 0 fully saturated rings. The molecule has 0 saturated heterocycles. The van der Waals surface area contributed by atoms with E-state index in [9.17, 15) is 4.79 Å². The van der Waals surface area contributed by atoms with Crippen molar-refractivity contribution in [1.82, 2.24) is 15.3 Å². The first-order chi connectivity index (χ1) is 14.1. The fourth-order valence-corrected chi connectivity index (χ4v) is 3.22.